The highest BCUT2D eigenvalue weighted by molar-refractivity contribution is 6.31. The highest BCUT2D eigenvalue weighted by atomic mass is 35.5. The van der Waals surface area contributed by atoms with Gasteiger partial charge in [-0.15, -0.1) is 0 Å². The molecular formula is C19H15ClN4O2. The van der Waals surface area contributed by atoms with Gasteiger partial charge in [-0.05, 0) is 17.7 Å². The van der Waals surface area contributed by atoms with Crippen LogP contribution in [0.4, 0.5) is 0 Å². The van der Waals surface area contributed by atoms with E-state index in [0.29, 0.717) is 22.6 Å². The summed E-state index contributed by atoms with van der Waals surface area (Å²) < 4.78 is 3.12. The number of para-hydroxylation sites is 1. The van der Waals surface area contributed by atoms with E-state index in [-0.39, 0.29) is 12.1 Å². The lowest BCUT2D eigenvalue weighted by atomic mass is 10.2. The molecule has 0 bridgehead atoms. The summed E-state index contributed by atoms with van der Waals surface area (Å²) in [7, 11) is 0. The lowest BCUT2D eigenvalue weighted by Crippen LogP contribution is -2.25. The smallest absolute Gasteiger partial charge is 0.278 e. The number of hydrogen-bond acceptors (Lipinski definition) is 3. The molecule has 0 aliphatic heterocycles. The Morgan fingerprint density at radius 2 is 1.85 bits per heavy atom. The molecule has 4 rings (SSSR count). The summed E-state index contributed by atoms with van der Waals surface area (Å²) in [4.78, 5) is 29.1. The topological polar surface area (TPSA) is 82.9 Å². The maximum absolute atomic E-state index is 13.1. The molecule has 0 aliphatic rings. The Hall–Kier alpha value is -3.12. The summed E-state index contributed by atoms with van der Waals surface area (Å²) in [6.07, 6.45) is 1.51. The van der Waals surface area contributed by atoms with Crippen LogP contribution in [0.2, 0.25) is 5.02 Å². The summed E-state index contributed by atoms with van der Waals surface area (Å²) in [5.74, 6) is -0.520. The van der Waals surface area contributed by atoms with E-state index in [9.17, 15) is 9.59 Å². The van der Waals surface area contributed by atoms with E-state index in [2.05, 4.69) is 4.98 Å². The van der Waals surface area contributed by atoms with Crippen molar-refractivity contribution in [2.24, 2.45) is 5.73 Å². The molecule has 0 aliphatic carbocycles. The molecule has 2 heterocycles. The number of carbonyl (C=O) groups is 1. The summed E-state index contributed by atoms with van der Waals surface area (Å²) in [6, 6.07) is 14.8. The van der Waals surface area contributed by atoms with Gasteiger partial charge in [0.15, 0.2) is 0 Å². The molecular weight excluding hydrogens is 352 g/mol. The first kappa shape index (κ1) is 16.4. The van der Waals surface area contributed by atoms with Crippen LogP contribution in [-0.4, -0.2) is 20.0 Å². The number of carbonyl (C=O) groups excluding carboxylic acids is 1. The Morgan fingerprint density at radius 1 is 1.12 bits per heavy atom. The van der Waals surface area contributed by atoms with E-state index in [1.807, 2.05) is 42.5 Å². The number of amides is 1. The fourth-order valence-electron chi connectivity index (χ4n) is 3.19. The van der Waals surface area contributed by atoms with Crippen LogP contribution in [0.1, 0.15) is 5.56 Å². The SMILES string of the molecule is NC(=O)Cn1c2ccccc2c2ncn(Cc3ccccc3Cl)c(=O)c21. The highest BCUT2D eigenvalue weighted by Gasteiger charge is 2.17. The quantitative estimate of drug-likeness (QED) is 0.602. The third-order valence-corrected chi connectivity index (χ3v) is 4.72. The Bertz CT molecular complexity index is 1210. The van der Waals surface area contributed by atoms with E-state index in [1.54, 1.807) is 10.6 Å². The second-order valence-corrected chi connectivity index (χ2v) is 6.44. The first-order valence-corrected chi connectivity index (χ1v) is 8.42. The van der Waals surface area contributed by atoms with Gasteiger partial charge in [-0.25, -0.2) is 4.98 Å². The molecule has 26 heavy (non-hydrogen) atoms. The predicted octanol–water partition coefficient (Wildman–Crippen LogP) is 2.54. The van der Waals surface area contributed by atoms with Crippen molar-refractivity contribution in [2.45, 2.75) is 13.1 Å². The Balaban J connectivity index is 1.97. The Kier molecular flexibility index (Phi) is 3.97. The average Bonchev–Trinajstić information content (AvgIpc) is 2.93. The molecule has 1 amide bonds. The number of hydrogen-bond donors (Lipinski definition) is 1. The Labute approximate surface area is 153 Å². The number of nitrogens with zero attached hydrogens (tertiary/aromatic N) is 3. The van der Waals surface area contributed by atoms with E-state index >= 15 is 0 Å². The lowest BCUT2D eigenvalue weighted by Gasteiger charge is -2.09. The number of benzene rings is 2. The number of aromatic nitrogens is 3. The van der Waals surface area contributed by atoms with Crippen molar-refractivity contribution in [1.82, 2.24) is 14.1 Å². The molecule has 4 aromatic rings. The standard InChI is InChI=1S/C19H15ClN4O2/c20-14-7-3-1-5-12(14)9-23-11-22-17-13-6-2-4-8-15(13)24(10-16(21)25)18(17)19(23)26/h1-8,11H,9-10H2,(H2,21,25). The van der Waals surface area contributed by atoms with Crippen molar-refractivity contribution in [3.05, 3.63) is 75.8 Å². The number of halogens is 1. The maximum atomic E-state index is 13.1. The molecule has 7 heteroatoms. The molecule has 0 radical (unpaired) electrons. The van der Waals surface area contributed by atoms with Gasteiger partial charge in [0.25, 0.3) is 5.56 Å². The van der Waals surface area contributed by atoms with Gasteiger partial charge in [0.1, 0.15) is 17.6 Å². The van der Waals surface area contributed by atoms with Gasteiger partial charge in [0.2, 0.25) is 5.91 Å². The summed E-state index contributed by atoms with van der Waals surface area (Å²) >= 11 is 6.21. The van der Waals surface area contributed by atoms with E-state index in [4.69, 9.17) is 17.3 Å². The second-order valence-electron chi connectivity index (χ2n) is 6.04. The van der Waals surface area contributed by atoms with Crippen LogP contribution >= 0.6 is 11.6 Å². The van der Waals surface area contributed by atoms with Crippen LogP contribution < -0.4 is 11.3 Å². The first-order chi connectivity index (χ1) is 12.6. The lowest BCUT2D eigenvalue weighted by molar-refractivity contribution is -0.118. The number of nitrogens with two attached hydrogens (primary N) is 1. The van der Waals surface area contributed by atoms with Crippen LogP contribution in [0.15, 0.2) is 59.7 Å². The highest BCUT2D eigenvalue weighted by Crippen LogP contribution is 2.25. The molecule has 0 unspecified atom stereocenters. The minimum absolute atomic E-state index is 0.0863. The van der Waals surface area contributed by atoms with Crippen molar-refractivity contribution in [3.8, 4) is 0 Å². The van der Waals surface area contributed by atoms with E-state index in [1.165, 1.54) is 10.9 Å². The monoisotopic (exact) mass is 366 g/mol. The zero-order valence-corrected chi connectivity index (χ0v) is 14.5. The van der Waals surface area contributed by atoms with Gasteiger partial charge in [0, 0.05) is 10.4 Å². The van der Waals surface area contributed by atoms with Gasteiger partial charge >= 0.3 is 0 Å². The second kappa shape index (κ2) is 6.31. The van der Waals surface area contributed by atoms with Crippen molar-refractivity contribution >= 4 is 39.4 Å². The molecule has 0 spiro atoms. The fourth-order valence-corrected chi connectivity index (χ4v) is 3.39. The summed E-state index contributed by atoms with van der Waals surface area (Å²) in [5, 5.41) is 1.39. The number of rotatable bonds is 4. The van der Waals surface area contributed by atoms with Crippen molar-refractivity contribution in [3.63, 3.8) is 0 Å². The first-order valence-electron chi connectivity index (χ1n) is 8.04. The molecule has 0 atom stereocenters. The predicted molar refractivity (Wildman–Crippen MR) is 101 cm³/mol. The largest absolute Gasteiger partial charge is 0.368 e. The zero-order valence-electron chi connectivity index (χ0n) is 13.7. The zero-order chi connectivity index (χ0) is 18.3. The van der Waals surface area contributed by atoms with Crippen LogP contribution in [0.3, 0.4) is 0 Å². The third-order valence-electron chi connectivity index (χ3n) is 4.35. The third kappa shape index (κ3) is 2.64. The van der Waals surface area contributed by atoms with E-state index < -0.39 is 5.91 Å². The summed E-state index contributed by atoms with van der Waals surface area (Å²) in [5.41, 5.74) is 7.63. The minimum atomic E-state index is -0.520. The van der Waals surface area contributed by atoms with Crippen molar-refractivity contribution in [2.75, 3.05) is 0 Å². The fraction of sp³-hybridized carbons (Fsp3) is 0.105. The van der Waals surface area contributed by atoms with E-state index in [0.717, 1.165) is 16.5 Å². The molecule has 0 fully saturated rings. The number of primary amides is 1. The normalized spacial score (nSPS) is 11.3. The molecule has 2 aromatic carbocycles. The van der Waals surface area contributed by atoms with Crippen LogP contribution in [-0.2, 0) is 17.9 Å². The molecule has 2 N–H and O–H groups in total. The van der Waals surface area contributed by atoms with Gasteiger partial charge < -0.3 is 10.3 Å². The molecule has 6 nitrogen and oxygen atoms in total. The van der Waals surface area contributed by atoms with Gasteiger partial charge in [-0.2, -0.15) is 0 Å². The van der Waals surface area contributed by atoms with Crippen molar-refractivity contribution < 1.29 is 4.79 Å². The molecule has 0 saturated heterocycles. The Morgan fingerprint density at radius 3 is 2.62 bits per heavy atom. The van der Waals surface area contributed by atoms with Gasteiger partial charge in [0.05, 0.1) is 18.4 Å². The average molecular weight is 367 g/mol. The van der Waals surface area contributed by atoms with Crippen LogP contribution in [0.25, 0.3) is 21.9 Å². The number of fused-ring (bicyclic) bond motifs is 3. The maximum Gasteiger partial charge on any atom is 0.278 e. The van der Waals surface area contributed by atoms with Crippen molar-refractivity contribution in [1.29, 1.82) is 0 Å². The minimum Gasteiger partial charge on any atom is -0.368 e. The molecule has 2 aromatic heterocycles. The summed E-state index contributed by atoms with van der Waals surface area (Å²) in [6.45, 7) is 0.205. The van der Waals surface area contributed by atoms with Gasteiger partial charge in [-0.3, -0.25) is 14.2 Å². The van der Waals surface area contributed by atoms with Crippen LogP contribution in [0, 0.1) is 0 Å². The van der Waals surface area contributed by atoms with Crippen LogP contribution in [0.5, 0.6) is 0 Å². The molecule has 130 valence electrons. The molecule has 0 saturated carbocycles. The van der Waals surface area contributed by atoms with Gasteiger partial charge in [-0.1, -0.05) is 48.0 Å².